The Hall–Kier alpha value is -2.86. The second-order valence-corrected chi connectivity index (χ2v) is 10.2. The molecule has 0 aliphatic rings. The molecule has 3 aromatic rings. The molecule has 2 aromatic carbocycles. The summed E-state index contributed by atoms with van der Waals surface area (Å²) in [5.41, 5.74) is 4.57. The van der Waals surface area contributed by atoms with E-state index in [-0.39, 0.29) is 29.0 Å². The van der Waals surface area contributed by atoms with Crippen LogP contribution in [0.2, 0.25) is 0 Å². The van der Waals surface area contributed by atoms with Gasteiger partial charge in [0.1, 0.15) is 11.6 Å². The Morgan fingerprint density at radius 3 is 1.61 bits per heavy atom. The largest absolute Gasteiger partial charge is 0.507 e. The summed E-state index contributed by atoms with van der Waals surface area (Å²) in [6, 6.07) is 7.49. The van der Waals surface area contributed by atoms with Gasteiger partial charge in [-0.05, 0) is 42.0 Å². The minimum atomic E-state index is -0.234. The van der Waals surface area contributed by atoms with E-state index in [4.69, 9.17) is 14.5 Å². The number of H-pyrrole nitrogens is 1. The van der Waals surface area contributed by atoms with E-state index in [1.165, 1.54) is 14.2 Å². The quantitative estimate of drug-likeness (QED) is 0.401. The van der Waals surface area contributed by atoms with Gasteiger partial charge in [-0.3, -0.25) is 0 Å². The molecule has 0 saturated carbocycles. The van der Waals surface area contributed by atoms with Crippen LogP contribution in [0.5, 0.6) is 23.0 Å². The minimum Gasteiger partial charge on any atom is -0.507 e. The Bertz CT molecular complexity index is 1090. The van der Waals surface area contributed by atoms with Gasteiger partial charge in [0.2, 0.25) is 5.75 Å². The molecule has 0 bridgehead atoms. The van der Waals surface area contributed by atoms with Gasteiger partial charge in [0.05, 0.1) is 19.9 Å². The van der Waals surface area contributed by atoms with E-state index in [1.807, 2.05) is 19.1 Å². The maximum absolute atomic E-state index is 11.0. The maximum atomic E-state index is 11.0. The maximum Gasteiger partial charge on any atom is 0.200 e. The van der Waals surface area contributed by atoms with Crippen LogP contribution >= 0.6 is 12.4 Å². The average Bonchev–Trinajstić information content (AvgIpc) is 3.08. The third-order valence-corrected chi connectivity index (χ3v) is 5.64. The van der Waals surface area contributed by atoms with Crippen LogP contribution in [-0.4, -0.2) is 34.4 Å². The van der Waals surface area contributed by atoms with Crippen LogP contribution in [0.25, 0.3) is 22.6 Å². The number of benzene rings is 2. The van der Waals surface area contributed by atoms with Crippen molar-refractivity contribution >= 4 is 12.4 Å². The molecule has 0 unspecified atom stereocenters. The smallest absolute Gasteiger partial charge is 0.200 e. The fourth-order valence-electron chi connectivity index (χ4n) is 3.82. The highest BCUT2D eigenvalue weighted by atomic mass is 35.5. The van der Waals surface area contributed by atoms with Crippen molar-refractivity contribution in [2.45, 2.75) is 59.3 Å². The van der Waals surface area contributed by atoms with Gasteiger partial charge in [-0.1, -0.05) is 41.5 Å². The molecule has 180 valence electrons. The lowest BCUT2D eigenvalue weighted by molar-refractivity contribution is 0.340. The van der Waals surface area contributed by atoms with Crippen molar-refractivity contribution in [3.8, 4) is 45.6 Å². The first-order valence-electron chi connectivity index (χ1n) is 10.7. The molecule has 0 fully saturated rings. The molecular formula is C26H35ClN2O4. The lowest BCUT2D eigenvalue weighted by atomic mass is 9.78. The molecule has 0 aliphatic carbocycles. The SMILES string of the molecule is COc1cc(-c2nc(-c3cc(C(C)(C)C)c(O)c(C(C)(C)C)c3)[nH]c2C)cc(OC)c1O.Cl. The number of rotatable bonds is 4. The van der Waals surface area contributed by atoms with Crippen LogP contribution in [0.4, 0.5) is 0 Å². The first-order valence-corrected chi connectivity index (χ1v) is 10.7. The number of aromatic amines is 1. The molecule has 0 atom stereocenters. The summed E-state index contributed by atoms with van der Waals surface area (Å²) in [6.07, 6.45) is 0. The van der Waals surface area contributed by atoms with Gasteiger partial charge in [0.15, 0.2) is 11.5 Å². The van der Waals surface area contributed by atoms with Crippen LogP contribution in [0.3, 0.4) is 0 Å². The molecule has 1 heterocycles. The number of nitrogens with zero attached hydrogens (tertiary/aromatic N) is 1. The van der Waals surface area contributed by atoms with Gasteiger partial charge < -0.3 is 24.7 Å². The number of nitrogens with one attached hydrogen (secondary N) is 1. The van der Waals surface area contributed by atoms with E-state index in [0.717, 1.165) is 33.6 Å². The van der Waals surface area contributed by atoms with Crippen molar-refractivity contribution in [1.82, 2.24) is 9.97 Å². The van der Waals surface area contributed by atoms with Gasteiger partial charge in [0.25, 0.3) is 0 Å². The van der Waals surface area contributed by atoms with E-state index in [9.17, 15) is 10.2 Å². The molecule has 1 aromatic heterocycles. The third-order valence-electron chi connectivity index (χ3n) is 5.64. The summed E-state index contributed by atoms with van der Waals surface area (Å²) < 4.78 is 10.6. The van der Waals surface area contributed by atoms with Gasteiger partial charge in [0, 0.05) is 27.9 Å². The van der Waals surface area contributed by atoms with E-state index in [2.05, 4.69) is 46.5 Å². The lowest BCUT2D eigenvalue weighted by Gasteiger charge is -2.28. The molecule has 3 rings (SSSR count). The number of aryl methyl sites for hydroxylation is 1. The van der Waals surface area contributed by atoms with Crippen LogP contribution in [-0.2, 0) is 10.8 Å². The minimum absolute atomic E-state index is 0. The molecule has 0 radical (unpaired) electrons. The second-order valence-electron chi connectivity index (χ2n) is 10.2. The first-order chi connectivity index (χ1) is 14.8. The van der Waals surface area contributed by atoms with Crippen molar-refractivity contribution in [2.75, 3.05) is 14.2 Å². The summed E-state index contributed by atoms with van der Waals surface area (Å²) in [6.45, 7) is 14.5. The number of hydrogen-bond acceptors (Lipinski definition) is 5. The number of aromatic hydroxyl groups is 2. The highest BCUT2D eigenvalue weighted by Gasteiger charge is 2.27. The summed E-state index contributed by atoms with van der Waals surface area (Å²) in [5, 5.41) is 21.3. The average molecular weight is 475 g/mol. The molecule has 0 amide bonds. The predicted octanol–water partition coefficient (Wildman–Crippen LogP) is 6.50. The van der Waals surface area contributed by atoms with E-state index in [0.29, 0.717) is 23.1 Å². The second kappa shape index (κ2) is 9.18. The number of ether oxygens (including phenoxy) is 2. The number of phenols is 2. The molecule has 0 saturated heterocycles. The standard InChI is InChI=1S/C26H34N2O4.ClH/c1-14-21(15-12-19(31-8)23(30)20(13-15)32-9)28-24(27-14)16-10-17(25(2,3)4)22(29)18(11-16)26(5,6)7;/h10-13,29-30H,1-9H3,(H,27,28);1H. The molecule has 0 spiro atoms. The number of aromatic nitrogens is 2. The van der Waals surface area contributed by atoms with Gasteiger partial charge in [-0.15, -0.1) is 12.4 Å². The molecular weight excluding hydrogens is 440 g/mol. The summed E-state index contributed by atoms with van der Waals surface area (Å²) in [4.78, 5) is 8.27. The Kier molecular flexibility index (Phi) is 7.34. The van der Waals surface area contributed by atoms with Crippen molar-refractivity contribution in [3.05, 3.63) is 41.1 Å². The van der Waals surface area contributed by atoms with Crippen molar-refractivity contribution < 1.29 is 19.7 Å². The Balaban J connectivity index is 0.00000385. The zero-order valence-corrected chi connectivity index (χ0v) is 21.7. The monoisotopic (exact) mass is 474 g/mol. The highest BCUT2D eigenvalue weighted by molar-refractivity contribution is 5.85. The Morgan fingerprint density at radius 1 is 0.758 bits per heavy atom. The normalized spacial score (nSPS) is 11.8. The van der Waals surface area contributed by atoms with Gasteiger partial charge >= 0.3 is 0 Å². The number of halogens is 1. The zero-order valence-electron chi connectivity index (χ0n) is 20.9. The highest BCUT2D eigenvalue weighted by Crippen LogP contribution is 2.43. The molecule has 33 heavy (non-hydrogen) atoms. The van der Waals surface area contributed by atoms with Gasteiger partial charge in [-0.25, -0.2) is 4.98 Å². The van der Waals surface area contributed by atoms with Crippen molar-refractivity contribution in [2.24, 2.45) is 0 Å². The summed E-state index contributed by atoms with van der Waals surface area (Å²) in [7, 11) is 3.00. The molecule has 3 N–H and O–H groups in total. The van der Waals surface area contributed by atoms with Gasteiger partial charge in [-0.2, -0.15) is 0 Å². The molecule has 0 aliphatic heterocycles. The Morgan fingerprint density at radius 2 is 1.21 bits per heavy atom. The predicted molar refractivity (Wildman–Crippen MR) is 135 cm³/mol. The van der Waals surface area contributed by atoms with E-state index in [1.54, 1.807) is 12.1 Å². The first kappa shape index (κ1) is 26.4. The van der Waals surface area contributed by atoms with E-state index < -0.39 is 0 Å². The fraction of sp³-hybridized carbons (Fsp3) is 0.423. The summed E-state index contributed by atoms with van der Waals surface area (Å²) >= 11 is 0. The van der Waals surface area contributed by atoms with Crippen LogP contribution in [0.1, 0.15) is 58.4 Å². The summed E-state index contributed by atoms with van der Waals surface area (Å²) in [5.74, 6) is 1.64. The fourth-order valence-corrected chi connectivity index (χ4v) is 3.82. The number of methoxy groups -OCH3 is 2. The molecule has 6 nitrogen and oxygen atoms in total. The lowest BCUT2D eigenvalue weighted by Crippen LogP contribution is -2.17. The number of hydrogen-bond donors (Lipinski definition) is 3. The number of imidazole rings is 1. The molecule has 7 heteroatoms. The van der Waals surface area contributed by atoms with Crippen LogP contribution in [0.15, 0.2) is 24.3 Å². The Labute approximate surface area is 202 Å². The topological polar surface area (TPSA) is 87.6 Å². The van der Waals surface area contributed by atoms with Crippen LogP contribution < -0.4 is 9.47 Å². The zero-order chi connectivity index (χ0) is 24.0. The van der Waals surface area contributed by atoms with Crippen molar-refractivity contribution in [1.29, 1.82) is 0 Å². The number of phenolic OH excluding ortho intramolecular Hbond substituents is 2. The van der Waals surface area contributed by atoms with Crippen molar-refractivity contribution in [3.63, 3.8) is 0 Å². The third kappa shape index (κ3) is 5.06. The van der Waals surface area contributed by atoms with E-state index >= 15 is 0 Å². The van der Waals surface area contributed by atoms with Crippen LogP contribution in [0, 0.1) is 6.92 Å².